The lowest BCUT2D eigenvalue weighted by Crippen LogP contribution is -2.48. The first-order chi connectivity index (χ1) is 10.1. The third-order valence-corrected chi connectivity index (χ3v) is 4.66. The zero-order valence-electron chi connectivity index (χ0n) is 11.0. The molecular weight excluding hydrogens is 316 g/mol. The van der Waals surface area contributed by atoms with Gasteiger partial charge in [0, 0.05) is 31.1 Å². The molecule has 21 heavy (non-hydrogen) atoms. The van der Waals surface area contributed by atoms with Crippen molar-refractivity contribution in [2.75, 3.05) is 31.1 Å². The fraction of sp³-hybridized carbons (Fsp3) is 0.417. The highest BCUT2D eigenvalue weighted by atomic mass is 35.5. The van der Waals surface area contributed by atoms with Crippen LogP contribution in [0.2, 0.25) is 5.28 Å². The molecule has 2 aromatic heterocycles. The molecule has 3 heterocycles. The molecular formula is C12H13ClN4O3S. The van der Waals surface area contributed by atoms with Gasteiger partial charge < -0.3 is 20.0 Å². The maximum absolute atomic E-state index is 10.9. The van der Waals surface area contributed by atoms with Gasteiger partial charge in [-0.1, -0.05) is 0 Å². The van der Waals surface area contributed by atoms with Crippen LogP contribution in [0, 0.1) is 0 Å². The molecule has 0 saturated carbocycles. The van der Waals surface area contributed by atoms with Crippen molar-refractivity contribution in [3.63, 3.8) is 0 Å². The average molecular weight is 329 g/mol. The first-order valence-electron chi connectivity index (χ1n) is 6.38. The van der Waals surface area contributed by atoms with Crippen LogP contribution in [0.1, 0.15) is 4.88 Å². The van der Waals surface area contributed by atoms with E-state index in [0.29, 0.717) is 37.5 Å². The normalized spacial score (nSPS) is 15.7. The number of anilines is 1. The molecule has 0 unspecified atom stereocenters. The van der Waals surface area contributed by atoms with Crippen molar-refractivity contribution in [1.29, 1.82) is 0 Å². The molecule has 7 nitrogen and oxygen atoms in total. The number of fused-ring (bicyclic) bond motifs is 1. The summed E-state index contributed by atoms with van der Waals surface area (Å²) in [7, 11) is 0. The van der Waals surface area contributed by atoms with Crippen LogP contribution in [-0.4, -0.2) is 57.4 Å². The summed E-state index contributed by atoms with van der Waals surface area (Å²) in [6.45, 7) is 1.92. The van der Waals surface area contributed by atoms with E-state index in [1.807, 2.05) is 4.90 Å². The average Bonchev–Trinajstić information content (AvgIpc) is 2.89. The number of piperazine rings is 1. The Labute approximate surface area is 129 Å². The number of aliphatic hydroxyl groups is 1. The van der Waals surface area contributed by atoms with Crippen LogP contribution in [0.25, 0.3) is 10.2 Å². The minimum Gasteiger partial charge on any atom is -0.465 e. The Morgan fingerprint density at radius 3 is 2.67 bits per heavy atom. The minimum atomic E-state index is -0.904. The third-order valence-electron chi connectivity index (χ3n) is 3.38. The Hall–Kier alpha value is -1.64. The van der Waals surface area contributed by atoms with Crippen LogP contribution in [-0.2, 0) is 6.61 Å². The molecule has 2 N–H and O–H groups in total. The van der Waals surface area contributed by atoms with E-state index in [9.17, 15) is 9.90 Å². The quantitative estimate of drug-likeness (QED) is 0.814. The van der Waals surface area contributed by atoms with Gasteiger partial charge in [-0.3, -0.25) is 0 Å². The van der Waals surface area contributed by atoms with E-state index >= 15 is 0 Å². The zero-order chi connectivity index (χ0) is 15.0. The Balaban J connectivity index is 1.93. The maximum Gasteiger partial charge on any atom is 0.407 e. The van der Waals surface area contributed by atoms with Gasteiger partial charge in [-0.15, -0.1) is 11.3 Å². The van der Waals surface area contributed by atoms with Gasteiger partial charge >= 0.3 is 6.09 Å². The zero-order valence-corrected chi connectivity index (χ0v) is 12.6. The number of nitrogens with zero attached hydrogens (tertiary/aromatic N) is 4. The van der Waals surface area contributed by atoms with Gasteiger partial charge in [-0.2, -0.15) is 4.98 Å². The molecule has 3 rings (SSSR count). The molecule has 0 radical (unpaired) electrons. The summed E-state index contributed by atoms with van der Waals surface area (Å²) < 4.78 is 0.868. The number of aromatic nitrogens is 2. The van der Waals surface area contributed by atoms with Crippen molar-refractivity contribution in [1.82, 2.24) is 14.9 Å². The van der Waals surface area contributed by atoms with Gasteiger partial charge in [-0.25, -0.2) is 9.78 Å². The fourth-order valence-electron chi connectivity index (χ4n) is 2.34. The van der Waals surface area contributed by atoms with Crippen molar-refractivity contribution in [3.05, 3.63) is 16.2 Å². The second kappa shape index (κ2) is 5.63. The molecule has 112 valence electrons. The summed E-state index contributed by atoms with van der Waals surface area (Å²) >= 11 is 7.39. The second-order valence-corrected chi connectivity index (χ2v) is 6.13. The van der Waals surface area contributed by atoms with Crippen LogP contribution in [0.4, 0.5) is 10.6 Å². The van der Waals surface area contributed by atoms with E-state index in [0.717, 1.165) is 9.58 Å². The van der Waals surface area contributed by atoms with E-state index in [4.69, 9.17) is 16.7 Å². The molecule has 9 heteroatoms. The number of carboxylic acid groups (broad SMARTS) is 1. The molecule has 2 aromatic rings. The summed E-state index contributed by atoms with van der Waals surface area (Å²) in [6.07, 6.45) is -0.904. The van der Waals surface area contributed by atoms with Crippen molar-refractivity contribution in [3.8, 4) is 0 Å². The molecule has 0 atom stereocenters. The first-order valence-corrected chi connectivity index (χ1v) is 7.57. The van der Waals surface area contributed by atoms with E-state index in [2.05, 4.69) is 9.97 Å². The fourth-order valence-corrected chi connectivity index (χ4v) is 3.48. The van der Waals surface area contributed by atoms with Crippen molar-refractivity contribution >= 4 is 45.1 Å². The maximum atomic E-state index is 10.9. The predicted octanol–water partition coefficient (Wildman–Crippen LogP) is 1.64. The Morgan fingerprint density at radius 2 is 2.05 bits per heavy atom. The molecule has 1 saturated heterocycles. The number of aliphatic hydroxyl groups excluding tert-OH is 1. The van der Waals surface area contributed by atoms with E-state index in [1.165, 1.54) is 16.2 Å². The SMILES string of the molecule is O=C(O)N1CCN(c2nc(Cl)nc3cc(CO)sc23)CC1. The minimum absolute atomic E-state index is 0.0507. The highest BCUT2D eigenvalue weighted by molar-refractivity contribution is 7.19. The van der Waals surface area contributed by atoms with Crippen molar-refractivity contribution in [2.45, 2.75) is 6.61 Å². The molecule has 1 amide bonds. The van der Waals surface area contributed by atoms with Gasteiger partial charge in [0.2, 0.25) is 5.28 Å². The van der Waals surface area contributed by atoms with Crippen LogP contribution < -0.4 is 4.90 Å². The van der Waals surface area contributed by atoms with Crippen molar-refractivity contribution < 1.29 is 15.0 Å². The van der Waals surface area contributed by atoms with Gasteiger partial charge in [-0.05, 0) is 17.7 Å². The number of halogens is 1. The number of thiophene rings is 1. The summed E-state index contributed by atoms with van der Waals surface area (Å²) in [5.74, 6) is 0.708. The lowest BCUT2D eigenvalue weighted by molar-refractivity contribution is 0.142. The van der Waals surface area contributed by atoms with Gasteiger partial charge in [0.15, 0.2) is 5.82 Å². The third kappa shape index (κ3) is 2.74. The molecule has 0 aromatic carbocycles. The number of hydrogen-bond acceptors (Lipinski definition) is 6. The smallest absolute Gasteiger partial charge is 0.407 e. The molecule has 0 aliphatic carbocycles. The Morgan fingerprint density at radius 1 is 1.33 bits per heavy atom. The Kier molecular flexibility index (Phi) is 3.83. The number of amides is 1. The molecule has 1 fully saturated rings. The number of hydrogen-bond donors (Lipinski definition) is 2. The summed E-state index contributed by atoms with van der Waals surface area (Å²) in [6, 6.07) is 1.80. The molecule has 0 bridgehead atoms. The lowest BCUT2D eigenvalue weighted by atomic mass is 10.3. The number of carbonyl (C=O) groups is 1. The van der Waals surface area contributed by atoms with Crippen LogP contribution in [0.3, 0.4) is 0 Å². The van der Waals surface area contributed by atoms with Gasteiger partial charge in [0.1, 0.15) is 0 Å². The first kappa shape index (κ1) is 14.3. The standard InChI is InChI=1S/C12H13ClN4O3S/c13-11-14-8-5-7(6-18)21-9(8)10(15-11)16-1-3-17(4-2-16)12(19)20/h5,18H,1-4,6H2,(H,19,20). The summed E-state index contributed by atoms with van der Waals surface area (Å²) in [4.78, 5) is 23.6. The number of rotatable bonds is 2. The summed E-state index contributed by atoms with van der Waals surface area (Å²) in [5.41, 5.74) is 0.708. The molecule has 1 aliphatic rings. The van der Waals surface area contributed by atoms with E-state index in [-0.39, 0.29) is 11.9 Å². The van der Waals surface area contributed by atoms with Crippen LogP contribution in [0.5, 0.6) is 0 Å². The second-order valence-electron chi connectivity index (χ2n) is 4.66. The van der Waals surface area contributed by atoms with E-state index in [1.54, 1.807) is 6.07 Å². The van der Waals surface area contributed by atoms with Gasteiger partial charge in [0.25, 0.3) is 0 Å². The summed E-state index contributed by atoms with van der Waals surface area (Å²) in [5, 5.41) is 18.4. The monoisotopic (exact) mass is 328 g/mol. The largest absolute Gasteiger partial charge is 0.465 e. The van der Waals surface area contributed by atoms with Crippen molar-refractivity contribution in [2.24, 2.45) is 0 Å². The molecule has 1 aliphatic heterocycles. The Bertz CT molecular complexity index is 684. The lowest BCUT2D eigenvalue weighted by Gasteiger charge is -2.33. The topological polar surface area (TPSA) is 89.8 Å². The predicted molar refractivity (Wildman–Crippen MR) is 80.2 cm³/mol. The highest BCUT2D eigenvalue weighted by Crippen LogP contribution is 2.33. The van der Waals surface area contributed by atoms with Crippen LogP contribution in [0.15, 0.2) is 6.07 Å². The highest BCUT2D eigenvalue weighted by Gasteiger charge is 2.24. The molecule has 0 spiro atoms. The van der Waals surface area contributed by atoms with Gasteiger partial charge in [0.05, 0.1) is 16.8 Å². The van der Waals surface area contributed by atoms with Crippen LogP contribution >= 0.6 is 22.9 Å². The van der Waals surface area contributed by atoms with E-state index < -0.39 is 6.09 Å².